The Morgan fingerprint density at radius 2 is 1.63 bits per heavy atom. The molecule has 6 heteroatoms. The number of anilines is 2. The van der Waals surface area contributed by atoms with Gasteiger partial charge in [-0.2, -0.15) is 0 Å². The molecule has 0 spiro atoms. The summed E-state index contributed by atoms with van der Waals surface area (Å²) in [5.74, 6) is 0.447. The molecule has 2 heterocycles. The van der Waals surface area contributed by atoms with Crippen LogP contribution < -0.4 is 14.5 Å². The number of amides is 2. The van der Waals surface area contributed by atoms with Crippen molar-refractivity contribution in [3.8, 4) is 5.75 Å². The summed E-state index contributed by atoms with van der Waals surface area (Å²) in [5.41, 5.74) is 2.93. The number of fused-ring (bicyclic) bond motifs is 1. The zero-order valence-electron chi connectivity index (χ0n) is 19.6. The van der Waals surface area contributed by atoms with E-state index >= 15 is 0 Å². The Morgan fingerprint density at radius 3 is 2.37 bits per heavy atom. The third-order valence-corrected chi connectivity index (χ3v) is 6.41. The van der Waals surface area contributed by atoms with Gasteiger partial charge in [-0.3, -0.25) is 9.59 Å². The molecular formula is C29H26N2O4. The maximum absolute atomic E-state index is 14.1. The van der Waals surface area contributed by atoms with Gasteiger partial charge in [-0.1, -0.05) is 48.5 Å². The molecule has 3 aromatic carbocycles. The van der Waals surface area contributed by atoms with Gasteiger partial charge < -0.3 is 19.0 Å². The first-order chi connectivity index (χ1) is 17.1. The van der Waals surface area contributed by atoms with Crippen molar-refractivity contribution >= 4 is 23.2 Å². The van der Waals surface area contributed by atoms with E-state index in [1.54, 1.807) is 36.3 Å². The van der Waals surface area contributed by atoms with Crippen LogP contribution in [0.15, 0.2) is 102 Å². The molecule has 1 aromatic heterocycles. The third-order valence-electron chi connectivity index (χ3n) is 6.41. The van der Waals surface area contributed by atoms with E-state index in [1.807, 2.05) is 78.6 Å². The highest BCUT2D eigenvalue weighted by Crippen LogP contribution is 2.43. The van der Waals surface area contributed by atoms with Gasteiger partial charge in [-0.15, -0.1) is 0 Å². The molecule has 0 fully saturated rings. The van der Waals surface area contributed by atoms with Gasteiger partial charge in [-0.25, -0.2) is 0 Å². The fraction of sp³-hybridized carbons (Fsp3) is 0.172. The number of para-hydroxylation sites is 3. The normalized spacial score (nSPS) is 16.9. The highest BCUT2D eigenvalue weighted by Gasteiger charge is 2.40. The molecule has 2 amide bonds. The van der Waals surface area contributed by atoms with Crippen LogP contribution in [0.4, 0.5) is 11.4 Å². The lowest BCUT2D eigenvalue weighted by atomic mass is 9.89. The van der Waals surface area contributed by atoms with Crippen molar-refractivity contribution in [2.24, 2.45) is 0 Å². The fourth-order valence-corrected chi connectivity index (χ4v) is 4.83. The van der Waals surface area contributed by atoms with Crippen LogP contribution in [0.1, 0.15) is 45.9 Å². The second-order valence-electron chi connectivity index (χ2n) is 8.52. The number of furan rings is 1. The minimum Gasteiger partial charge on any atom is -0.496 e. The Labute approximate surface area is 204 Å². The van der Waals surface area contributed by atoms with Crippen molar-refractivity contribution in [3.05, 3.63) is 114 Å². The van der Waals surface area contributed by atoms with Crippen LogP contribution in [-0.4, -0.2) is 25.0 Å². The van der Waals surface area contributed by atoms with Gasteiger partial charge in [0, 0.05) is 17.4 Å². The van der Waals surface area contributed by atoms with Gasteiger partial charge in [0.2, 0.25) is 0 Å². The summed E-state index contributed by atoms with van der Waals surface area (Å²) < 4.78 is 10.9. The fourth-order valence-electron chi connectivity index (χ4n) is 4.83. The van der Waals surface area contributed by atoms with Crippen LogP contribution in [0.3, 0.4) is 0 Å². The first-order valence-electron chi connectivity index (χ1n) is 11.6. The van der Waals surface area contributed by atoms with E-state index in [4.69, 9.17) is 9.15 Å². The second-order valence-corrected chi connectivity index (χ2v) is 8.52. The van der Waals surface area contributed by atoms with Gasteiger partial charge in [0.1, 0.15) is 5.75 Å². The van der Waals surface area contributed by atoms with Crippen LogP contribution in [-0.2, 0) is 0 Å². The molecule has 0 bridgehead atoms. The summed E-state index contributed by atoms with van der Waals surface area (Å²) in [7, 11) is 1.56. The number of methoxy groups -OCH3 is 1. The molecule has 2 atom stereocenters. The van der Waals surface area contributed by atoms with E-state index in [0.717, 1.165) is 16.9 Å². The van der Waals surface area contributed by atoms with E-state index in [9.17, 15) is 9.59 Å². The predicted octanol–water partition coefficient (Wildman–Crippen LogP) is 6.12. The minimum atomic E-state index is -0.290. The monoisotopic (exact) mass is 466 g/mol. The number of hydrogen-bond acceptors (Lipinski definition) is 4. The number of rotatable bonds is 5. The smallest absolute Gasteiger partial charge is 0.294 e. The van der Waals surface area contributed by atoms with Crippen molar-refractivity contribution in [2.75, 3.05) is 16.9 Å². The number of nitrogens with zero attached hydrogens (tertiary/aromatic N) is 2. The van der Waals surface area contributed by atoms with Gasteiger partial charge in [0.05, 0.1) is 25.0 Å². The quantitative estimate of drug-likeness (QED) is 0.356. The standard InChI is InChI=1S/C29H26N2O4/c1-20-19-25(22-13-6-8-15-24(22)30(20)29(33)27-17-10-18-35-27)31(21-11-4-3-5-12-21)28(32)23-14-7-9-16-26(23)34-2/h3-18,20,25H,19H2,1-2H3/t20-,25-/m1/s1. The summed E-state index contributed by atoms with van der Waals surface area (Å²) in [5, 5.41) is 0. The zero-order chi connectivity index (χ0) is 24.4. The number of hydrogen-bond donors (Lipinski definition) is 0. The first kappa shape index (κ1) is 22.5. The Balaban J connectivity index is 1.63. The summed E-state index contributed by atoms with van der Waals surface area (Å²) in [4.78, 5) is 31.0. The second kappa shape index (κ2) is 9.50. The van der Waals surface area contributed by atoms with Crippen molar-refractivity contribution < 1.29 is 18.7 Å². The average Bonchev–Trinajstić information content (AvgIpc) is 3.44. The lowest BCUT2D eigenvalue weighted by molar-refractivity contribution is 0.0944. The van der Waals surface area contributed by atoms with Crippen LogP contribution in [0, 0.1) is 0 Å². The molecule has 0 saturated carbocycles. The summed E-state index contributed by atoms with van der Waals surface area (Å²) in [6, 6.07) is 27.5. The number of carbonyl (C=O) groups is 2. The van der Waals surface area contributed by atoms with E-state index in [0.29, 0.717) is 17.7 Å². The molecule has 1 aliphatic rings. The highest BCUT2D eigenvalue weighted by molar-refractivity contribution is 6.09. The number of carbonyl (C=O) groups excluding carboxylic acids is 2. The molecule has 176 valence electrons. The van der Waals surface area contributed by atoms with Gasteiger partial charge in [-0.05, 0) is 61.4 Å². The van der Waals surface area contributed by atoms with E-state index < -0.39 is 0 Å². The molecule has 0 aliphatic carbocycles. The van der Waals surface area contributed by atoms with Crippen LogP contribution in [0.5, 0.6) is 5.75 Å². The maximum atomic E-state index is 14.1. The summed E-state index contributed by atoms with van der Waals surface area (Å²) in [6.07, 6.45) is 2.05. The van der Waals surface area contributed by atoms with Crippen LogP contribution in [0.2, 0.25) is 0 Å². The number of ether oxygens (including phenoxy) is 1. The molecule has 0 radical (unpaired) electrons. The summed E-state index contributed by atoms with van der Waals surface area (Å²) in [6.45, 7) is 2.00. The van der Waals surface area contributed by atoms with Gasteiger partial charge in [0.15, 0.2) is 5.76 Å². The molecule has 1 aliphatic heterocycles. The molecule has 0 unspecified atom stereocenters. The SMILES string of the molecule is COc1ccccc1C(=O)N(c1ccccc1)[C@@H]1C[C@@H](C)N(C(=O)c2ccco2)c2ccccc21. The van der Waals surface area contributed by atoms with Gasteiger partial charge >= 0.3 is 0 Å². The Morgan fingerprint density at radius 1 is 0.914 bits per heavy atom. The van der Waals surface area contributed by atoms with Crippen molar-refractivity contribution in [1.82, 2.24) is 0 Å². The molecular weight excluding hydrogens is 440 g/mol. The van der Waals surface area contributed by atoms with Crippen molar-refractivity contribution in [2.45, 2.75) is 25.4 Å². The predicted molar refractivity (Wildman–Crippen MR) is 135 cm³/mol. The minimum absolute atomic E-state index is 0.161. The van der Waals surface area contributed by atoms with E-state index in [2.05, 4.69) is 0 Å². The van der Waals surface area contributed by atoms with E-state index in [1.165, 1.54) is 6.26 Å². The largest absolute Gasteiger partial charge is 0.496 e. The van der Waals surface area contributed by atoms with Crippen LogP contribution >= 0.6 is 0 Å². The Hall–Kier alpha value is -4.32. The molecule has 5 rings (SSSR count). The lowest BCUT2D eigenvalue weighted by Gasteiger charge is -2.43. The van der Waals surface area contributed by atoms with Crippen LogP contribution in [0.25, 0.3) is 0 Å². The Kier molecular flexibility index (Phi) is 6.10. The Bertz CT molecular complexity index is 1330. The average molecular weight is 467 g/mol. The molecule has 6 nitrogen and oxygen atoms in total. The zero-order valence-corrected chi connectivity index (χ0v) is 19.6. The summed E-state index contributed by atoms with van der Waals surface area (Å²) >= 11 is 0. The third kappa shape index (κ3) is 4.08. The highest BCUT2D eigenvalue weighted by atomic mass is 16.5. The topological polar surface area (TPSA) is 63.0 Å². The first-order valence-corrected chi connectivity index (χ1v) is 11.6. The lowest BCUT2D eigenvalue weighted by Crippen LogP contribution is -2.47. The van der Waals surface area contributed by atoms with Gasteiger partial charge in [0.25, 0.3) is 11.8 Å². The molecule has 4 aromatic rings. The maximum Gasteiger partial charge on any atom is 0.294 e. The number of benzene rings is 3. The molecule has 35 heavy (non-hydrogen) atoms. The molecule has 0 N–H and O–H groups in total. The van der Waals surface area contributed by atoms with Crippen molar-refractivity contribution in [3.63, 3.8) is 0 Å². The molecule has 0 saturated heterocycles. The van der Waals surface area contributed by atoms with Crippen molar-refractivity contribution in [1.29, 1.82) is 0 Å². The van der Waals surface area contributed by atoms with E-state index in [-0.39, 0.29) is 29.7 Å².